The van der Waals surface area contributed by atoms with Crippen LogP contribution < -0.4 is 4.72 Å². The van der Waals surface area contributed by atoms with Crippen LogP contribution in [0, 0.1) is 0 Å². The van der Waals surface area contributed by atoms with Crippen LogP contribution in [0.15, 0.2) is 0 Å². The fourth-order valence-electron chi connectivity index (χ4n) is 2.59. The van der Waals surface area contributed by atoms with E-state index in [9.17, 15) is 13.2 Å². The summed E-state index contributed by atoms with van der Waals surface area (Å²) in [7, 11) is -3.16. The van der Waals surface area contributed by atoms with Crippen molar-refractivity contribution in [3.63, 3.8) is 0 Å². The van der Waals surface area contributed by atoms with Gasteiger partial charge in [-0.3, -0.25) is 9.69 Å². The van der Waals surface area contributed by atoms with Gasteiger partial charge >= 0.3 is 0 Å². The van der Waals surface area contributed by atoms with Gasteiger partial charge in [0.15, 0.2) is 0 Å². The van der Waals surface area contributed by atoms with E-state index in [0.717, 1.165) is 45.3 Å². The van der Waals surface area contributed by atoms with Gasteiger partial charge in [0, 0.05) is 25.7 Å². The highest BCUT2D eigenvalue weighted by Crippen LogP contribution is 2.17. The van der Waals surface area contributed by atoms with Crippen LogP contribution in [0.3, 0.4) is 0 Å². The number of sulfonamides is 1. The molecule has 0 aromatic carbocycles. The number of hydrogen-bond donors (Lipinski definition) is 1. The molecule has 0 aliphatic carbocycles. The smallest absolute Gasteiger partial charge is 0.236 e. The van der Waals surface area contributed by atoms with Crippen molar-refractivity contribution in [2.45, 2.75) is 31.7 Å². The lowest BCUT2D eigenvalue weighted by molar-refractivity contribution is -0.136. The van der Waals surface area contributed by atoms with E-state index in [0.29, 0.717) is 13.1 Å². The lowest BCUT2D eigenvalue weighted by Gasteiger charge is -2.38. The first-order valence-corrected chi connectivity index (χ1v) is 8.81. The lowest BCUT2D eigenvalue weighted by atomic mass is 10.0. The molecule has 1 atom stereocenters. The number of piperidine rings is 1. The van der Waals surface area contributed by atoms with Crippen LogP contribution in [0.1, 0.15) is 25.7 Å². The molecular weight excluding hydrogens is 266 g/mol. The third-order valence-corrected chi connectivity index (χ3v) is 4.57. The fourth-order valence-corrected chi connectivity index (χ4v) is 3.08. The van der Waals surface area contributed by atoms with E-state index in [-0.39, 0.29) is 11.9 Å². The number of nitrogens with one attached hydrogen (secondary N) is 1. The number of amides is 1. The zero-order chi connectivity index (χ0) is 13.9. The molecule has 0 saturated carbocycles. The Morgan fingerprint density at radius 3 is 2.53 bits per heavy atom. The summed E-state index contributed by atoms with van der Waals surface area (Å²) in [5.74, 6) is 0.178. The minimum absolute atomic E-state index is 0.147. The van der Waals surface area contributed by atoms with E-state index >= 15 is 0 Å². The molecule has 2 saturated heterocycles. The molecule has 2 fully saturated rings. The number of hydrogen-bond acceptors (Lipinski definition) is 4. The molecule has 2 rings (SSSR count). The van der Waals surface area contributed by atoms with E-state index < -0.39 is 10.0 Å². The molecule has 19 heavy (non-hydrogen) atoms. The monoisotopic (exact) mass is 289 g/mol. The Labute approximate surface area is 115 Å². The van der Waals surface area contributed by atoms with Crippen molar-refractivity contribution in [3.8, 4) is 0 Å². The summed E-state index contributed by atoms with van der Waals surface area (Å²) in [4.78, 5) is 16.0. The highest BCUT2D eigenvalue weighted by molar-refractivity contribution is 7.88. The van der Waals surface area contributed by atoms with Crippen molar-refractivity contribution < 1.29 is 13.2 Å². The van der Waals surface area contributed by atoms with Crippen LogP contribution in [0.2, 0.25) is 0 Å². The van der Waals surface area contributed by atoms with Gasteiger partial charge < -0.3 is 4.90 Å². The Hall–Kier alpha value is -0.660. The Balaban J connectivity index is 1.86. The molecule has 0 radical (unpaired) electrons. The Morgan fingerprint density at radius 1 is 1.21 bits per heavy atom. The minimum atomic E-state index is -3.16. The van der Waals surface area contributed by atoms with E-state index in [1.807, 2.05) is 4.90 Å². The lowest BCUT2D eigenvalue weighted by Crippen LogP contribution is -2.52. The molecule has 2 aliphatic rings. The van der Waals surface area contributed by atoms with E-state index in [2.05, 4.69) is 9.62 Å². The number of carbonyl (C=O) groups is 1. The SMILES string of the molecule is CS(=O)(=O)NC[C@@H]1CCCCN1CC(=O)N1CCC1. The van der Waals surface area contributed by atoms with Gasteiger partial charge in [-0.2, -0.15) is 0 Å². The average Bonchev–Trinajstić information content (AvgIpc) is 2.24. The summed E-state index contributed by atoms with van der Waals surface area (Å²) in [5, 5.41) is 0. The maximum atomic E-state index is 12.0. The van der Waals surface area contributed by atoms with Crippen LogP contribution in [0.5, 0.6) is 0 Å². The van der Waals surface area contributed by atoms with Crippen LogP contribution in [0.4, 0.5) is 0 Å². The largest absolute Gasteiger partial charge is 0.341 e. The molecule has 0 spiro atoms. The summed E-state index contributed by atoms with van der Waals surface area (Å²) in [6.45, 7) is 3.47. The molecule has 7 heteroatoms. The normalized spacial score (nSPS) is 25.1. The van der Waals surface area contributed by atoms with Gasteiger partial charge in [0.2, 0.25) is 15.9 Å². The Morgan fingerprint density at radius 2 is 1.95 bits per heavy atom. The molecule has 6 nitrogen and oxygen atoms in total. The summed E-state index contributed by atoms with van der Waals surface area (Å²) < 4.78 is 24.9. The number of likely N-dealkylation sites (tertiary alicyclic amines) is 2. The molecule has 0 aromatic rings. The number of nitrogens with zero attached hydrogens (tertiary/aromatic N) is 2. The van der Waals surface area contributed by atoms with Crippen molar-refractivity contribution in [2.24, 2.45) is 0 Å². The summed E-state index contributed by atoms with van der Waals surface area (Å²) >= 11 is 0. The molecule has 110 valence electrons. The number of carbonyl (C=O) groups excluding carboxylic acids is 1. The van der Waals surface area contributed by atoms with Crippen molar-refractivity contribution in [1.82, 2.24) is 14.5 Å². The van der Waals surface area contributed by atoms with Crippen LogP contribution in [-0.4, -0.2) is 69.1 Å². The van der Waals surface area contributed by atoms with Gasteiger partial charge in [0.05, 0.1) is 12.8 Å². The quantitative estimate of drug-likeness (QED) is 0.749. The van der Waals surface area contributed by atoms with Gasteiger partial charge in [-0.05, 0) is 25.8 Å². The van der Waals surface area contributed by atoms with E-state index in [1.165, 1.54) is 6.26 Å². The molecular formula is C12H23N3O3S. The standard InChI is InChI=1S/C12H23N3O3S/c1-19(17,18)13-9-11-5-2-3-6-15(11)10-12(16)14-7-4-8-14/h11,13H,2-10H2,1H3/t11-/m0/s1. The zero-order valence-corrected chi connectivity index (χ0v) is 12.3. The Kier molecular flexibility index (Phi) is 4.81. The summed E-state index contributed by atoms with van der Waals surface area (Å²) in [5.41, 5.74) is 0. The van der Waals surface area contributed by atoms with Gasteiger partial charge in [-0.1, -0.05) is 6.42 Å². The number of rotatable bonds is 5. The molecule has 2 aliphatic heterocycles. The molecule has 0 unspecified atom stereocenters. The van der Waals surface area contributed by atoms with Crippen molar-refractivity contribution >= 4 is 15.9 Å². The fraction of sp³-hybridized carbons (Fsp3) is 0.917. The second-order valence-corrected chi connectivity index (χ2v) is 7.31. The second-order valence-electron chi connectivity index (χ2n) is 5.48. The van der Waals surface area contributed by atoms with Crippen LogP contribution in [-0.2, 0) is 14.8 Å². The topological polar surface area (TPSA) is 69.7 Å². The predicted molar refractivity (Wildman–Crippen MR) is 73.3 cm³/mol. The summed E-state index contributed by atoms with van der Waals surface area (Å²) in [6, 6.07) is 0.147. The molecule has 0 aromatic heterocycles. The molecule has 1 N–H and O–H groups in total. The van der Waals surface area contributed by atoms with E-state index in [1.54, 1.807) is 0 Å². The van der Waals surface area contributed by atoms with Crippen molar-refractivity contribution in [3.05, 3.63) is 0 Å². The van der Waals surface area contributed by atoms with Crippen molar-refractivity contribution in [1.29, 1.82) is 0 Å². The average molecular weight is 289 g/mol. The second kappa shape index (κ2) is 6.19. The van der Waals surface area contributed by atoms with Gasteiger partial charge in [0.1, 0.15) is 0 Å². The summed E-state index contributed by atoms with van der Waals surface area (Å²) in [6.07, 6.45) is 5.42. The third kappa shape index (κ3) is 4.43. The van der Waals surface area contributed by atoms with Gasteiger partial charge in [0.25, 0.3) is 0 Å². The molecule has 2 heterocycles. The first kappa shape index (κ1) is 14.7. The van der Waals surface area contributed by atoms with E-state index in [4.69, 9.17) is 0 Å². The predicted octanol–water partition coefficient (Wildman–Crippen LogP) is -0.378. The maximum Gasteiger partial charge on any atom is 0.236 e. The highest BCUT2D eigenvalue weighted by atomic mass is 32.2. The third-order valence-electron chi connectivity index (χ3n) is 3.88. The van der Waals surface area contributed by atoms with Crippen LogP contribution in [0.25, 0.3) is 0 Å². The first-order valence-electron chi connectivity index (χ1n) is 6.92. The highest BCUT2D eigenvalue weighted by Gasteiger charge is 2.28. The maximum absolute atomic E-state index is 12.0. The molecule has 1 amide bonds. The minimum Gasteiger partial charge on any atom is -0.341 e. The van der Waals surface area contributed by atoms with Crippen LogP contribution >= 0.6 is 0 Å². The Bertz CT molecular complexity index is 420. The molecule has 0 bridgehead atoms. The zero-order valence-electron chi connectivity index (χ0n) is 11.5. The van der Waals surface area contributed by atoms with Gasteiger partial charge in [-0.25, -0.2) is 13.1 Å². The van der Waals surface area contributed by atoms with Crippen molar-refractivity contribution in [2.75, 3.05) is 39.0 Å². The van der Waals surface area contributed by atoms with Gasteiger partial charge in [-0.15, -0.1) is 0 Å². The first-order chi connectivity index (χ1) is 8.96.